The number of nitrogens with one attached hydrogen (secondary N) is 1. The van der Waals surface area contributed by atoms with Crippen molar-refractivity contribution in [3.05, 3.63) is 67.5 Å². The number of anilines is 1. The molecule has 38 heavy (non-hydrogen) atoms. The Kier molecular flexibility index (Phi) is 6.53. The van der Waals surface area contributed by atoms with Gasteiger partial charge in [-0.25, -0.2) is 19.6 Å². The zero-order chi connectivity index (χ0) is 25.7. The predicted molar refractivity (Wildman–Crippen MR) is 137 cm³/mol. The molecule has 0 aliphatic carbocycles. The molecule has 6 rings (SSSR count). The molecule has 1 aliphatic rings. The number of nitrogens with zero attached hydrogens (tertiary/aromatic N) is 10. The van der Waals surface area contributed by atoms with Crippen LogP contribution in [0.4, 0.5) is 5.82 Å². The van der Waals surface area contributed by atoms with Crippen LogP contribution in [0.2, 0.25) is 0 Å². The van der Waals surface area contributed by atoms with Gasteiger partial charge in [-0.15, -0.1) is 15.3 Å². The highest BCUT2D eigenvalue weighted by molar-refractivity contribution is 5.79. The minimum atomic E-state index is -0.0530. The van der Waals surface area contributed by atoms with Crippen LogP contribution in [0, 0.1) is 5.92 Å². The van der Waals surface area contributed by atoms with Gasteiger partial charge in [-0.1, -0.05) is 30.3 Å². The van der Waals surface area contributed by atoms with Crippen LogP contribution in [-0.4, -0.2) is 76.7 Å². The first-order valence-electron chi connectivity index (χ1n) is 12.3. The van der Waals surface area contributed by atoms with E-state index >= 15 is 0 Å². The van der Waals surface area contributed by atoms with E-state index in [-0.39, 0.29) is 11.8 Å². The number of aromatic nitrogens is 9. The zero-order valence-electron chi connectivity index (χ0n) is 20.5. The summed E-state index contributed by atoms with van der Waals surface area (Å²) in [6, 6.07) is 15.2. The molecule has 1 amide bonds. The Balaban J connectivity index is 0.983. The molecule has 0 atom stereocenters. The molecule has 1 fully saturated rings. The lowest BCUT2D eigenvalue weighted by atomic mass is 9.96. The lowest BCUT2D eigenvalue weighted by Crippen LogP contribution is -2.41. The SMILES string of the molecule is O=C(NCCOc1ccc2nnc(-c3ccccc3)n2n1)C1CCN(c2cc(-n3cncn3)ncn2)CC1. The fraction of sp³-hybridized carbons (Fsp3) is 0.280. The van der Waals surface area contributed by atoms with Gasteiger partial charge in [0.1, 0.15) is 31.4 Å². The van der Waals surface area contributed by atoms with Gasteiger partial charge >= 0.3 is 0 Å². The molecule has 192 valence electrons. The van der Waals surface area contributed by atoms with E-state index < -0.39 is 0 Å². The van der Waals surface area contributed by atoms with Crippen LogP contribution in [-0.2, 0) is 4.79 Å². The van der Waals surface area contributed by atoms with E-state index in [0.29, 0.717) is 36.3 Å². The molecule has 0 bridgehead atoms. The van der Waals surface area contributed by atoms with Gasteiger partial charge in [0, 0.05) is 36.7 Å². The van der Waals surface area contributed by atoms with Gasteiger partial charge in [-0.2, -0.15) is 9.61 Å². The van der Waals surface area contributed by atoms with Crippen LogP contribution in [0.3, 0.4) is 0 Å². The summed E-state index contributed by atoms with van der Waals surface area (Å²) in [5.41, 5.74) is 1.55. The van der Waals surface area contributed by atoms with Crippen molar-refractivity contribution < 1.29 is 9.53 Å². The van der Waals surface area contributed by atoms with E-state index in [1.807, 2.05) is 36.4 Å². The smallest absolute Gasteiger partial charge is 0.231 e. The molecule has 0 saturated carbocycles. The summed E-state index contributed by atoms with van der Waals surface area (Å²) in [7, 11) is 0. The van der Waals surface area contributed by atoms with Crippen LogP contribution in [0.15, 0.2) is 67.5 Å². The molecule has 5 aromatic rings. The molecule has 0 radical (unpaired) electrons. The summed E-state index contributed by atoms with van der Waals surface area (Å²) in [5, 5.41) is 20.0. The number of benzene rings is 1. The van der Waals surface area contributed by atoms with Crippen LogP contribution in [0.25, 0.3) is 22.9 Å². The van der Waals surface area contributed by atoms with Crippen molar-refractivity contribution in [2.45, 2.75) is 12.8 Å². The van der Waals surface area contributed by atoms with Crippen molar-refractivity contribution >= 4 is 17.4 Å². The van der Waals surface area contributed by atoms with E-state index in [1.54, 1.807) is 27.7 Å². The van der Waals surface area contributed by atoms with Gasteiger partial charge in [-0.05, 0) is 18.9 Å². The number of hydrogen-bond donors (Lipinski definition) is 1. The third-order valence-corrected chi connectivity index (χ3v) is 6.40. The second kappa shape index (κ2) is 10.6. The molecule has 1 aliphatic heterocycles. The molecule has 13 nitrogen and oxygen atoms in total. The molecular formula is C25H25N11O2. The first-order chi connectivity index (χ1) is 18.7. The Labute approximate surface area is 217 Å². The summed E-state index contributed by atoms with van der Waals surface area (Å²) in [6.07, 6.45) is 6.05. The van der Waals surface area contributed by atoms with E-state index in [2.05, 4.69) is 45.6 Å². The van der Waals surface area contributed by atoms with E-state index in [4.69, 9.17) is 4.74 Å². The van der Waals surface area contributed by atoms with Crippen molar-refractivity contribution in [1.82, 2.24) is 49.9 Å². The quantitative estimate of drug-likeness (QED) is 0.305. The number of hydrogen-bond acceptors (Lipinski definition) is 10. The zero-order valence-corrected chi connectivity index (χ0v) is 20.5. The summed E-state index contributed by atoms with van der Waals surface area (Å²) < 4.78 is 9.04. The predicted octanol–water partition coefficient (Wildman–Crippen LogP) is 1.57. The van der Waals surface area contributed by atoms with Crippen molar-refractivity contribution in [1.29, 1.82) is 0 Å². The van der Waals surface area contributed by atoms with Crippen LogP contribution in [0.5, 0.6) is 5.88 Å². The van der Waals surface area contributed by atoms with Crippen molar-refractivity contribution in [3.8, 4) is 23.1 Å². The summed E-state index contributed by atoms with van der Waals surface area (Å²) in [4.78, 5) is 27.5. The molecular weight excluding hydrogens is 486 g/mol. The average Bonchev–Trinajstić information content (AvgIpc) is 3.66. The molecule has 1 N–H and O–H groups in total. The number of carbonyl (C=O) groups excluding carboxylic acids is 1. The van der Waals surface area contributed by atoms with Crippen LogP contribution < -0.4 is 15.0 Å². The second-order valence-corrected chi connectivity index (χ2v) is 8.81. The standard InChI is InChI=1S/C25H25N11O2/c37-25(19-8-11-34(12-9-19)21-14-22(29-16-28-21)35-17-26-15-30-35)27-10-13-38-23-7-6-20-31-32-24(36(20)33-23)18-4-2-1-3-5-18/h1-7,14-17,19H,8-13H2,(H,27,37). The Morgan fingerprint density at radius 2 is 1.84 bits per heavy atom. The summed E-state index contributed by atoms with van der Waals surface area (Å²) in [5.74, 6) is 2.53. The molecule has 0 unspecified atom stereocenters. The third-order valence-electron chi connectivity index (χ3n) is 6.40. The fourth-order valence-corrected chi connectivity index (χ4v) is 4.42. The van der Waals surface area contributed by atoms with E-state index in [9.17, 15) is 4.79 Å². The fourth-order valence-electron chi connectivity index (χ4n) is 4.42. The van der Waals surface area contributed by atoms with Crippen molar-refractivity contribution in [2.75, 3.05) is 31.1 Å². The van der Waals surface area contributed by atoms with Gasteiger partial charge in [0.05, 0.1) is 6.54 Å². The normalized spacial score (nSPS) is 14.1. The Bertz CT molecular complexity index is 1510. The summed E-state index contributed by atoms with van der Waals surface area (Å²) >= 11 is 0. The van der Waals surface area contributed by atoms with Crippen LogP contribution >= 0.6 is 0 Å². The molecule has 13 heteroatoms. The molecule has 5 heterocycles. The monoisotopic (exact) mass is 511 g/mol. The Morgan fingerprint density at radius 1 is 1.00 bits per heavy atom. The highest BCUT2D eigenvalue weighted by atomic mass is 16.5. The largest absolute Gasteiger partial charge is 0.475 e. The highest BCUT2D eigenvalue weighted by Crippen LogP contribution is 2.23. The second-order valence-electron chi connectivity index (χ2n) is 8.81. The number of piperidine rings is 1. The van der Waals surface area contributed by atoms with E-state index in [1.165, 1.54) is 12.7 Å². The number of fused-ring (bicyclic) bond motifs is 1. The van der Waals surface area contributed by atoms with Gasteiger partial charge in [0.2, 0.25) is 11.8 Å². The lowest BCUT2D eigenvalue weighted by molar-refractivity contribution is -0.125. The Morgan fingerprint density at radius 3 is 2.66 bits per heavy atom. The molecule has 1 aromatic carbocycles. The van der Waals surface area contributed by atoms with Gasteiger partial charge in [0.25, 0.3) is 0 Å². The number of ether oxygens (including phenoxy) is 1. The molecule has 4 aromatic heterocycles. The third kappa shape index (κ3) is 4.98. The van der Waals surface area contributed by atoms with Gasteiger partial charge < -0.3 is 15.0 Å². The highest BCUT2D eigenvalue weighted by Gasteiger charge is 2.25. The number of carbonyl (C=O) groups is 1. The first kappa shape index (κ1) is 23.5. The van der Waals surface area contributed by atoms with Crippen LogP contribution in [0.1, 0.15) is 12.8 Å². The van der Waals surface area contributed by atoms with E-state index in [0.717, 1.165) is 37.3 Å². The maximum atomic E-state index is 12.7. The van der Waals surface area contributed by atoms with Gasteiger partial charge in [0.15, 0.2) is 17.3 Å². The van der Waals surface area contributed by atoms with Gasteiger partial charge in [-0.3, -0.25) is 4.79 Å². The lowest BCUT2D eigenvalue weighted by Gasteiger charge is -2.32. The first-order valence-corrected chi connectivity index (χ1v) is 12.3. The van der Waals surface area contributed by atoms with Crippen molar-refractivity contribution in [3.63, 3.8) is 0 Å². The maximum absolute atomic E-state index is 12.7. The summed E-state index contributed by atoms with van der Waals surface area (Å²) in [6.45, 7) is 2.15. The minimum absolute atomic E-state index is 0.0350. The number of amides is 1. The molecule has 1 saturated heterocycles. The number of rotatable bonds is 8. The average molecular weight is 512 g/mol. The Hall–Kier alpha value is -4.94. The molecule has 0 spiro atoms. The minimum Gasteiger partial charge on any atom is -0.475 e. The maximum Gasteiger partial charge on any atom is 0.231 e. The van der Waals surface area contributed by atoms with Crippen molar-refractivity contribution in [2.24, 2.45) is 5.92 Å². The topological polar surface area (TPSA) is 141 Å².